The van der Waals surface area contributed by atoms with Crippen molar-refractivity contribution in [2.45, 2.75) is 45.8 Å². The van der Waals surface area contributed by atoms with Crippen LogP contribution in [0.3, 0.4) is 0 Å². The summed E-state index contributed by atoms with van der Waals surface area (Å²) in [5, 5.41) is 2.60. The second kappa shape index (κ2) is 8.61. The predicted molar refractivity (Wildman–Crippen MR) is 107 cm³/mol. The summed E-state index contributed by atoms with van der Waals surface area (Å²) in [6.07, 6.45) is 3.62. The topological polar surface area (TPSA) is 110 Å². The first-order valence-electron chi connectivity index (χ1n) is 9.85. The van der Waals surface area contributed by atoms with Gasteiger partial charge in [-0.25, -0.2) is 4.79 Å². The number of hydrogen-bond acceptors (Lipinski definition) is 6. The highest BCUT2D eigenvalue weighted by Crippen LogP contribution is 2.36. The number of anilines is 1. The molecule has 4 atom stereocenters. The maximum atomic E-state index is 12.6. The third-order valence-electron chi connectivity index (χ3n) is 5.42. The van der Waals surface area contributed by atoms with E-state index < -0.39 is 35.7 Å². The van der Waals surface area contributed by atoms with E-state index in [-0.39, 0.29) is 17.7 Å². The maximum absolute atomic E-state index is 12.6. The van der Waals surface area contributed by atoms with E-state index in [1.54, 1.807) is 12.1 Å². The molecule has 0 bridgehead atoms. The first kappa shape index (κ1) is 21.4. The maximum Gasteiger partial charge on any atom is 0.329 e. The summed E-state index contributed by atoms with van der Waals surface area (Å²) in [6.45, 7) is 4.25. The molecule has 30 heavy (non-hydrogen) atoms. The number of amides is 3. The van der Waals surface area contributed by atoms with Gasteiger partial charge in [0.25, 0.3) is 0 Å². The van der Waals surface area contributed by atoms with Crippen molar-refractivity contribution in [3.8, 4) is 0 Å². The lowest BCUT2D eigenvalue weighted by Crippen LogP contribution is -2.45. The highest BCUT2D eigenvalue weighted by Gasteiger charge is 2.50. The number of imide groups is 1. The first-order chi connectivity index (χ1) is 14.2. The number of nitrogens with zero attached hydrogens (tertiary/aromatic N) is 1. The molecule has 1 aliphatic carbocycles. The molecule has 0 spiro atoms. The van der Waals surface area contributed by atoms with Crippen molar-refractivity contribution in [2.24, 2.45) is 11.8 Å². The Morgan fingerprint density at radius 1 is 1.00 bits per heavy atom. The van der Waals surface area contributed by atoms with Crippen LogP contribution in [-0.2, 0) is 23.9 Å². The standard InChI is InChI=1S/C22H24N2O6/c1-12(24-20(27)17-6-4-5-7-18(17)21(24)28)22(29)30-13(2)19(26)15-8-10-16(11-9-15)23-14(3)25/h4-5,8-13,17-18H,6-7H2,1-3H3,(H,23,25)/t12-,13+,17-,18+/m0/s1. The second-order valence-electron chi connectivity index (χ2n) is 7.58. The fourth-order valence-corrected chi connectivity index (χ4v) is 3.80. The molecule has 0 saturated carbocycles. The number of nitrogens with one attached hydrogen (secondary N) is 1. The molecule has 0 aromatic heterocycles. The summed E-state index contributed by atoms with van der Waals surface area (Å²) >= 11 is 0. The van der Waals surface area contributed by atoms with E-state index in [4.69, 9.17) is 4.74 Å². The Morgan fingerprint density at radius 2 is 1.53 bits per heavy atom. The zero-order valence-electron chi connectivity index (χ0n) is 17.1. The van der Waals surface area contributed by atoms with Crippen molar-refractivity contribution in [3.63, 3.8) is 0 Å². The summed E-state index contributed by atoms with van der Waals surface area (Å²) in [5.41, 5.74) is 0.849. The van der Waals surface area contributed by atoms with Gasteiger partial charge >= 0.3 is 5.97 Å². The zero-order valence-corrected chi connectivity index (χ0v) is 17.1. The number of hydrogen-bond donors (Lipinski definition) is 1. The number of fused-ring (bicyclic) bond motifs is 1. The van der Waals surface area contributed by atoms with E-state index in [1.165, 1.54) is 32.9 Å². The number of carbonyl (C=O) groups excluding carboxylic acids is 5. The number of carbonyl (C=O) groups is 5. The molecule has 2 aliphatic rings. The average Bonchev–Trinajstić information content (AvgIpc) is 2.97. The van der Waals surface area contributed by atoms with Crippen LogP contribution in [0, 0.1) is 11.8 Å². The van der Waals surface area contributed by atoms with Crippen LogP contribution in [0.5, 0.6) is 0 Å². The van der Waals surface area contributed by atoms with Gasteiger partial charge in [0.15, 0.2) is 6.10 Å². The monoisotopic (exact) mass is 412 g/mol. The van der Waals surface area contributed by atoms with Gasteiger partial charge in [0.05, 0.1) is 11.8 Å². The van der Waals surface area contributed by atoms with Gasteiger partial charge in [-0.05, 0) is 51.0 Å². The van der Waals surface area contributed by atoms with Crippen molar-refractivity contribution in [2.75, 3.05) is 5.32 Å². The lowest BCUT2D eigenvalue weighted by Gasteiger charge is -2.23. The molecule has 1 fully saturated rings. The number of esters is 1. The molecule has 3 amide bonds. The molecule has 158 valence electrons. The Balaban J connectivity index is 1.63. The second-order valence-corrected chi connectivity index (χ2v) is 7.58. The Kier molecular flexibility index (Phi) is 6.14. The molecule has 1 aliphatic heterocycles. The summed E-state index contributed by atoms with van der Waals surface area (Å²) < 4.78 is 5.27. The van der Waals surface area contributed by atoms with Crippen LogP contribution in [0.25, 0.3) is 0 Å². The summed E-state index contributed by atoms with van der Waals surface area (Å²) in [7, 11) is 0. The molecule has 8 heteroatoms. The van der Waals surface area contributed by atoms with Crippen LogP contribution in [0.1, 0.15) is 44.0 Å². The Labute approximate surface area is 174 Å². The van der Waals surface area contributed by atoms with Gasteiger partial charge < -0.3 is 10.1 Å². The van der Waals surface area contributed by atoms with Crippen LogP contribution >= 0.6 is 0 Å². The van der Waals surface area contributed by atoms with Crippen LogP contribution in [0.15, 0.2) is 36.4 Å². The Bertz CT molecular complexity index is 894. The van der Waals surface area contributed by atoms with Gasteiger partial charge in [0, 0.05) is 18.2 Å². The number of likely N-dealkylation sites (tertiary alicyclic amines) is 1. The number of allylic oxidation sites excluding steroid dienone is 2. The van der Waals surface area contributed by atoms with Gasteiger partial charge in [-0.15, -0.1) is 0 Å². The minimum absolute atomic E-state index is 0.230. The first-order valence-corrected chi connectivity index (χ1v) is 9.85. The van der Waals surface area contributed by atoms with E-state index in [9.17, 15) is 24.0 Å². The molecule has 0 radical (unpaired) electrons. The summed E-state index contributed by atoms with van der Waals surface area (Å²) in [5.74, 6) is -3.07. The molecule has 1 N–H and O–H groups in total. The summed E-state index contributed by atoms with van der Waals surface area (Å²) in [6, 6.07) is 5.08. The fraction of sp³-hybridized carbons (Fsp3) is 0.409. The fourth-order valence-electron chi connectivity index (χ4n) is 3.80. The largest absolute Gasteiger partial charge is 0.453 e. The number of Topliss-reactive ketones (excluding diaryl/α,β-unsaturated/α-hetero) is 1. The highest BCUT2D eigenvalue weighted by atomic mass is 16.5. The van der Waals surface area contributed by atoms with Crippen molar-refractivity contribution in [1.82, 2.24) is 4.90 Å². The van der Waals surface area contributed by atoms with Gasteiger partial charge in [0.1, 0.15) is 6.04 Å². The van der Waals surface area contributed by atoms with E-state index in [0.717, 1.165) is 4.90 Å². The molecule has 1 saturated heterocycles. The molecule has 1 aromatic rings. The number of benzene rings is 1. The Hall–Kier alpha value is -3.29. The SMILES string of the molecule is CC(=O)Nc1ccc(C(=O)[C@@H](C)OC(=O)[C@H](C)N2C(=O)[C@H]3CC=CC[C@H]3C2=O)cc1. The molecule has 0 unspecified atom stereocenters. The molecular weight excluding hydrogens is 388 g/mol. The van der Waals surface area contributed by atoms with E-state index in [0.29, 0.717) is 24.1 Å². The lowest BCUT2D eigenvalue weighted by molar-refractivity contribution is -0.159. The molecule has 1 heterocycles. The Morgan fingerprint density at radius 3 is 2.03 bits per heavy atom. The number of rotatable bonds is 6. The molecule has 8 nitrogen and oxygen atoms in total. The van der Waals surface area contributed by atoms with Crippen molar-refractivity contribution >= 4 is 35.2 Å². The normalized spacial score (nSPS) is 22.3. The van der Waals surface area contributed by atoms with E-state index in [2.05, 4.69) is 5.32 Å². The number of ketones is 1. The van der Waals surface area contributed by atoms with Crippen molar-refractivity contribution in [1.29, 1.82) is 0 Å². The molecular formula is C22H24N2O6. The minimum atomic E-state index is -1.10. The van der Waals surface area contributed by atoms with Crippen LogP contribution in [-0.4, -0.2) is 46.5 Å². The van der Waals surface area contributed by atoms with Crippen molar-refractivity contribution < 1.29 is 28.7 Å². The third-order valence-corrected chi connectivity index (χ3v) is 5.42. The van der Waals surface area contributed by atoms with E-state index in [1.807, 2.05) is 12.2 Å². The summed E-state index contributed by atoms with van der Waals surface area (Å²) in [4.78, 5) is 62.4. The van der Waals surface area contributed by atoms with Crippen LogP contribution in [0.4, 0.5) is 5.69 Å². The quantitative estimate of drug-likeness (QED) is 0.332. The molecule has 3 rings (SSSR count). The predicted octanol–water partition coefficient (Wildman–Crippen LogP) is 2.10. The van der Waals surface area contributed by atoms with Crippen LogP contribution < -0.4 is 5.32 Å². The minimum Gasteiger partial charge on any atom is -0.453 e. The van der Waals surface area contributed by atoms with E-state index >= 15 is 0 Å². The number of ether oxygens (including phenoxy) is 1. The average molecular weight is 412 g/mol. The molecule has 1 aromatic carbocycles. The smallest absolute Gasteiger partial charge is 0.329 e. The lowest BCUT2D eigenvalue weighted by atomic mass is 9.85. The van der Waals surface area contributed by atoms with Gasteiger partial charge in [-0.2, -0.15) is 0 Å². The third kappa shape index (κ3) is 4.17. The zero-order chi connectivity index (χ0) is 22.0. The van der Waals surface area contributed by atoms with Gasteiger partial charge in [-0.1, -0.05) is 12.2 Å². The van der Waals surface area contributed by atoms with Gasteiger partial charge in [-0.3, -0.25) is 24.1 Å². The van der Waals surface area contributed by atoms with Crippen LogP contribution in [0.2, 0.25) is 0 Å². The van der Waals surface area contributed by atoms with Crippen molar-refractivity contribution in [3.05, 3.63) is 42.0 Å². The highest BCUT2D eigenvalue weighted by molar-refractivity contribution is 6.08. The van der Waals surface area contributed by atoms with Gasteiger partial charge in [0.2, 0.25) is 23.5 Å².